The van der Waals surface area contributed by atoms with Crippen LogP contribution in [0.15, 0.2) is 18.2 Å². The molecule has 0 aliphatic heterocycles. The van der Waals surface area contributed by atoms with E-state index in [-0.39, 0.29) is 11.5 Å². The molecule has 0 amide bonds. The van der Waals surface area contributed by atoms with Crippen LogP contribution in [0.5, 0.6) is 0 Å². The molecule has 2 rings (SSSR count). The minimum Gasteiger partial charge on any atom is -0.383 e. The van der Waals surface area contributed by atoms with Crippen LogP contribution in [0.2, 0.25) is 10.0 Å². The van der Waals surface area contributed by atoms with E-state index >= 15 is 0 Å². The maximum Gasteiger partial charge on any atom is 0.132 e. The average Bonchev–Trinajstić information content (AvgIpc) is 2.65. The second kappa shape index (κ2) is 5.54. The predicted octanol–water partition coefficient (Wildman–Crippen LogP) is 5.32. The van der Waals surface area contributed by atoms with E-state index in [1.54, 1.807) is 6.07 Å². The van der Waals surface area contributed by atoms with E-state index in [2.05, 4.69) is 39.2 Å². The van der Waals surface area contributed by atoms with Crippen LogP contribution in [-0.2, 0) is 5.54 Å². The van der Waals surface area contributed by atoms with Gasteiger partial charge in [0.1, 0.15) is 17.3 Å². The number of rotatable bonds is 2. The molecule has 3 nitrogen and oxygen atoms in total. The Hall–Kier alpha value is -1.19. The highest BCUT2D eigenvalue weighted by Gasteiger charge is 2.26. The Kier molecular flexibility index (Phi) is 4.27. The van der Waals surface area contributed by atoms with Crippen molar-refractivity contribution in [3.05, 3.63) is 34.1 Å². The molecular formula is C16H21Cl2N3. The third-order valence-electron chi connectivity index (χ3n) is 3.26. The Morgan fingerprint density at radius 2 is 1.62 bits per heavy atom. The molecule has 21 heavy (non-hydrogen) atoms. The lowest BCUT2D eigenvalue weighted by Crippen LogP contribution is -2.26. The lowest BCUT2D eigenvalue weighted by Gasteiger charge is -2.26. The summed E-state index contributed by atoms with van der Waals surface area (Å²) in [6, 6.07) is 5.37. The maximum atomic E-state index is 6.37. The SMILES string of the molecule is CC(C)c1nc(-c2cc(Cl)cc(Cl)c2)c(N)n1C(C)(C)C. The molecule has 1 heterocycles. The fourth-order valence-electron chi connectivity index (χ4n) is 2.45. The van der Waals surface area contributed by atoms with Crippen LogP contribution < -0.4 is 5.73 Å². The highest BCUT2D eigenvalue weighted by atomic mass is 35.5. The van der Waals surface area contributed by atoms with Crippen molar-refractivity contribution in [2.45, 2.75) is 46.1 Å². The van der Waals surface area contributed by atoms with Crippen LogP contribution in [0.25, 0.3) is 11.3 Å². The van der Waals surface area contributed by atoms with Crippen molar-refractivity contribution in [1.82, 2.24) is 9.55 Å². The van der Waals surface area contributed by atoms with Crippen LogP contribution in [0, 0.1) is 0 Å². The molecule has 0 aliphatic rings. The fraction of sp³-hybridized carbons (Fsp3) is 0.438. The second-order valence-corrected chi connectivity index (χ2v) is 7.40. The number of nitrogens with two attached hydrogens (primary N) is 1. The first-order valence-corrected chi connectivity index (χ1v) is 7.72. The first kappa shape index (κ1) is 16.2. The molecule has 0 aliphatic carbocycles. The van der Waals surface area contributed by atoms with Gasteiger partial charge in [-0.2, -0.15) is 0 Å². The van der Waals surface area contributed by atoms with Gasteiger partial charge in [0.15, 0.2) is 0 Å². The molecule has 0 bridgehead atoms. The largest absolute Gasteiger partial charge is 0.383 e. The average molecular weight is 326 g/mol. The predicted molar refractivity (Wildman–Crippen MR) is 91.2 cm³/mol. The third kappa shape index (κ3) is 3.19. The summed E-state index contributed by atoms with van der Waals surface area (Å²) >= 11 is 12.2. The molecule has 0 radical (unpaired) electrons. The van der Waals surface area contributed by atoms with Gasteiger partial charge in [-0.25, -0.2) is 4.98 Å². The van der Waals surface area contributed by atoms with E-state index in [4.69, 9.17) is 33.9 Å². The normalized spacial score (nSPS) is 12.2. The van der Waals surface area contributed by atoms with Crippen molar-refractivity contribution in [2.24, 2.45) is 0 Å². The van der Waals surface area contributed by atoms with Crippen LogP contribution in [0.3, 0.4) is 0 Å². The minimum absolute atomic E-state index is 0.142. The van der Waals surface area contributed by atoms with Gasteiger partial charge in [-0.3, -0.25) is 0 Å². The van der Waals surface area contributed by atoms with E-state index in [0.29, 0.717) is 15.9 Å². The molecule has 0 saturated heterocycles. The molecule has 0 spiro atoms. The molecule has 2 N–H and O–H groups in total. The zero-order valence-electron chi connectivity index (χ0n) is 13.0. The van der Waals surface area contributed by atoms with Crippen LogP contribution in [0.1, 0.15) is 46.4 Å². The van der Waals surface area contributed by atoms with Crippen molar-refractivity contribution in [3.63, 3.8) is 0 Å². The van der Waals surface area contributed by atoms with E-state index in [0.717, 1.165) is 17.1 Å². The summed E-state index contributed by atoms with van der Waals surface area (Å²) in [5.41, 5.74) is 7.81. The highest BCUT2D eigenvalue weighted by Crippen LogP contribution is 2.36. The van der Waals surface area contributed by atoms with Crippen molar-refractivity contribution < 1.29 is 0 Å². The third-order valence-corrected chi connectivity index (χ3v) is 3.70. The van der Waals surface area contributed by atoms with Gasteiger partial charge >= 0.3 is 0 Å². The Balaban J connectivity index is 2.71. The summed E-state index contributed by atoms with van der Waals surface area (Å²) in [5.74, 6) is 1.88. The Bertz CT molecular complexity index is 647. The van der Waals surface area contributed by atoms with Crippen LogP contribution in [-0.4, -0.2) is 9.55 Å². The van der Waals surface area contributed by atoms with Crippen molar-refractivity contribution in [1.29, 1.82) is 0 Å². The van der Waals surface area contributed by atoms with Crippen molar-refractivity contribution in [3.8, 4) is 11.3 Å². The summed E-state index contributed by atoms with van der Waals surface area (Å²) in [5, 5.41) is 1.15. The summed E-state index contributed by atoms with van der Waals surface area (Å²) < 4.78 is 2.09. The van der Waals surface area contributed by atoms with E-state index in [9.17, 15) is 0 Å². The van der Waals surface area contributed by atoms with Gasteiger partial charge in [0.05, 0.1) is 0 Å². The first-order chi connectivity index (χ1) is 9.61. The van der Waals surface area contributed by atoms with E-state index in [1.165, 1.54) is 0 Å². The molecule has 1 aromatic heterocycles. The number of imidazole rings is 1. The standard InChI is InChI=1S/C16H21Cl2N3/c1-9(2)15-20-13(14(19)21(15)16(3,4)5)10-6-11(17)8-12(18)7-10/h6-9H,19H2,1-5H3. The topological polar surface area (TPSA) is 43.8 Å². The van der Waals surface area contributed by atoms with E-state index in [1.807, 2.05) is 12.1 Å². The molecular weight excluding hydrogens is 305 g/mol. The number of anilines is 1. The molecule has 1 aromatic carbocycles. The Labute approximate surface area is 136 Å². The van der Waals surface area contributed by atoms with Crippen molar-refractivity contribution >= 4 is 29.0 Å². The number of aromatic nitrogens is 2. The number of nitrogen functional groups attached to an aromatic ring is 1. The van der Waals surface area contributed by atoms with Gasteiger partial charge in [-0.15, -0.1) is 0 Å². The summed E-state index contributed by atoms with van der Waals surface area (Å²) in [6.07, 6.45) is 0. The lowest BCUT2D eigenvalue weighted by atomic mass is 10.1. The number of benzene rings is 1. The smallest absolute Gasteiger partial charge is 0.132 e. The lowest BCUT2D eigenvalue weighted by molar-refractivity contribution is 0.382. The number of hydrogen-bond acceptors (Lipinski definition) is 2. The van der Waals surface area contributed by atoms with Gasteiger partial charge in [0, 0.05) is 27.1 Å². The minimum atomic E-state index is -0.142. The molecule has 0 saturated carbocycles. The summed E-state index contributed by atoms with van der Waals surface area (Å²) in [4.78, 5) is 4.75. The van der Waals surface area contributed by atoms with Gasteiger partial charge in [0.2, 0.25) is 0 Å². The zero-order chi connectivity index (χ0) is 15.9. The number of halogens is 2. The summed E-state index contributed by atoms with van der Waals surface area (Å²) in [6.45, 7) is 10.6. The number of nitrogens with zero attached hydrogens (tertiary/aromatic N) is 2. The monoisotopic (exact) mass is 325 g/mol. The van der Waals surface area contributed by atoms with Crippen LogP contribution in [0.4, 0.5) is 5.82 Å². The molecule has 0 unspecified atom stereocenters. The van der Waals surface area contributed by atoms with Gasteiger partial charge < -0.3 is 10.3 Å². The molecule has 5 heteroatoms. The van der Waals surface area contributed by atoms with E-state index < -0.39 is 0 Å². The quantitative estimate of drug-likeness (QED) is 0.812. The van der Waals surface area contributed by atoms with Gasteiger partial charge in [0.25, 0.3) is 0 Å². The molecule has 0 fully saturated rings. The molecule has 0 atom stereocenters. The maximum absolute atomic E-state index is 6.37. The molecule has 2 aromatic rings. The molecule has 114 valence electrons. The first-order valence-electron chi connectivity index (χ1n) is 6.96. The van der Waals surface area contributed by atoms with Gasteiger partial charge in [-0.05, 0) is 39.0 Å². The van der Waals surface area contributed by atoms with Crippen molar-refractivity contribution in [2.75, 3.05) is 5.73 Å². The Morgan fingerprint density at radius 1 is 1.10 bits per heavy atom. The number of hydrogen-bond donors (Lipinski definition) is 1. The second-order valence-electron chi connectivity index (χ2n) is 6.52. The Morgan fingerprint density at radius 3 is 2.00 bits per heavy atom. The van der Waals surface area contributed by atoms with Crippen LogP contribution >= 0.6 is 23.2 Å². The summed E-state index contributed by atoms with van der Waals surface area (Å²) in [7, 11) is 0. The zero-order valence-corrected chi connectivity index (χ0v) is 14.5. The van der Waals surface area contributed by atoms with Gasteiger partial charge in [-0.1, -0.05) is 37.0 Å². The fourth-order valence-corrected chi connectivity index (χ4v) is 2.97. The highest BCUT2D eigenvalue weighted by molar-refractivity contribution is 6.35.